The summed E-state index contributed by atoms with van der Waals surface area (Å²) in [6.45, 7) is 1.84. The fraction of sp³-hybridized carbons (Fsp3) is 0.107. The minimum atomic E-state index is -4.53. The number of alkyl halides is 3. The number of benzene rings is 3. The summed E-state index contributed by atoms with van der Waals surface area (Å²) in [6, 6.07) is 19.4. The van der Waals surface area contributed by atoms with Gasteiger partial charge >= 0.3 is 6.18 Å². The average Bonchev–Trinajstić information content (AvgIpc) is 2.93. The number of anilines is 1. The van der Waals surface area contributed by atoms with E-state index >= 15 is 0 Å². The third-order valence-electron chi connectivity index (χ3n) is 5.31. The van der Waals surface area contributed by atoms with Gasteiger partial charge in [0.05, 0.1) is 10.5 Å². The van der Waals surface area contributed by atoms with Crippen LogP contribution >= 0.6 is 0 Å². The maximum Gasteiger partial charge on any atom is 0.416 e. The molecule has 0 saturated carbocycles. The van der Waals surface area contributed by atoms with Crippen LogP contribution in [0.4, 0.5) is 18.9 Å². The summed E-state index contributed by atoms with van der Waals surface area (Å²) in [4.78, 5) is 27.7. The van der Waals surface area contributed by atoms with Gasteiger partial charge in [0, 0.05) is 30.6 Å². The number of rotatable bonds is 6. The zero-order valence-electron chi connectivity index (χ0n) is 22.1. The molecule has 3 aromatic carbocycles. The maximum atomic E-state index is 12.8. The summed E-state index contributed by atoms with van der Waals surface area (Å²) >= 11 is 0. The predicted molar refractivity (Wildman–Crippen MR) is 148 cm³/mol. The van der Waals surface area contributed by atoms with E-state index in [1.165, 1.54) is 43.6 Å². The van der Waals surface area contributed by atoms with Gasteiger partial charge in [0.25, 0.3) is 21.9 Å². The van der Waals surface area contributed by atoms with Crippen molar-refractivity contribution in [3.8, 4) is 11.5 Å². The number of hydrogen-bond donors (Lipinski definition) is 3. The molecule has 0 fully saturated rings. The highest BCUT2D eigenvalue weighted by molar-refractivity contribution is 7.85. The van der Waals surface area contributed by atoms with Gasteiger partial charge in [-0.3, -0.25) is 19.1 Å². The van der Waals surface area contributed by atoms with E-state index in [4.69, 9.17) is 9.29 Å². The molecule has 1 heterocycles. The van der Waals surface area contributed by atoms with Crippen molar-refractivity contribution in [1.29, 1.82) is 0 Å². The van der Waals surface area contributed by atoms with Crippen LogP contribution in [0.3, 0.4) is 0 Å². The van der Waals surface area contributed by atoms with E-state index < -0.39 is 27.8 Å². The molecule has 222 valence electrons. The lowest BCUT2D eigenvalue weighted by Gasteiger charge is -2.10. The van der Waals surface area contributed by atoms with E-state index in [-0.39, 0.29) is 27.5 Å². The van der Waals surface area contributed by atoms with Crippen LogP contribution in [0.15, 0.2) is 96.0 Å². The first-order valence-corrected chi connectivity index (χ1v) is 13.2. The van der Waals surface area contributed by atoms with Crippen molar-refractivity contribution in [1.82, 2.24) is 10.3 Å². The van der Waals surface area contributed by atoms with Gasteiger partial charge in [0.15, 0.2) is 0 Å². The zero-order chi connectivity index (χ0) is 30.2. The number of amides is 2. The molecule has 10 nitrogen and oxygen atoms in total. The molecule has 0 atom stereocenters. The lowest BCUT2D eigenvalue weighted by molar-refractivity contribution is -0.137. The predicted octanol–water partition coefficient (Wildman–Crippen LogP) is 4.92. The Bertz CT molecular complexity index is 1630. The van der Waals surface area contributed by atoms with Crippen LogP contribution in [0, 0.1) is 6.92 Å². The molecule has 0 bridgehead atoms. The summed E-state index contributed by atoms with van der Waals surface area (Å²) in [7, 11) is -2.53. The Balaban J connectivity index is 0.000000433. The highest BCUT2D eigenvalue weighted by Gasteiger charge is 2.30. The second-order valence-corrected chi connectivity index (χ2v) is 9.82. The van der Waals surface area contributed by atoms with E-state index in [9.17, 15) is 31.2 Å². The van der Waals surface area contributed by atoms with Crippen molar-refractivity contribution < 1.29 is 45.9 Å². The normalized spacial score (nSPS) is 10.8. The first kappa shape index (κ1) is 33.4. The molecule has 0 aliphatic rings. The van der Waals surface area contributed by atoms with Crippen LogP contribution in [-0.4, -0.2) is 42.3 Å². The average molecular weight is 606 g/mol. The minimum absolute atomic E-state index is 0. The molecular formula is C28H26F3N3O7S. The number of aromatic nitrogens is 1. The van der Waals surface area contributed by atoms with Crippen molar-refractivity contribution >= 4 is 27.6 Å². The molecule has 0 aliphatic heterocycles. The smallest absolute Gasteiger partial charge is 0.416 e. The van der Waals surface area contributed by atoms with Gasteiger partial charge in [-0.05, 0) is 67.6 Å². The Hall–Kier alpha value is -4.79. The third-order valence-corrected chi connectivity index (χ3v) is 6.18. The summed E-state index contributed by atoms with van der Waals surface area (Å²) in [5.74, 6) is -0.197. The van der Waals surface area contributed by atoms with Gasteiger partial charge in [-0.25, -0.2) is 0 Å². The summed E-state index contributed by atoms with van der Waals surface area (Å²) in [6.07, 6.45) is -3.09. The number of aryl methyl sites for hydroxylation is 1. The van der Waals surface area contributed by atoms with Gasteiger partial charge in [-0.1, -0.05) is 23.8 Å². The number of carbonyl (C=O) groups excluding carboxylic acids is 2. The monoisotopic (exact) mass is 605 g/mol. The van der Waals surface area contributed by atoms with Gasteiger partial charge in [0.2, 0.25) is 0 Å². The van der Waals surface area contributed by atoms with Gasteiger partial charge in [-0.2, -0.15) is 21.6 Å². The Morgan fingerprint density at radius 2 is 1.52 bits per heavy atom. The molecule has 4 rings (SSSR count). The van der Waals surface area contributed by atoms with E-state index in [2.05, 4.69) is 15.6 Å². The number of pyridine rings is 1. The Morgan fingerprint density at radius 3 is 2.10 bits per heavy atom. The molecular weight excluding hydrogens is 579 g/mol. The summed E-state index contributed by atoms with van der Waals surface area (Å²) in [5, 5.41) is 5.00. The van der Waals surface area contributed by atoms with Gasteiger partial charge in [-0.15, -0.1) is 0 Å². The standard InChI is InChI=1S/C21H16F3N3O3.C7H8O3S.H2O/c1-25-20(29)18-12-17(9-10-26-18)30-16-7-5-15(6-8-16)27-19(28)13-3-2-4-14(11-13)21(22,23)24;1-6-2-4-7(5-3-6)11(8,9)10;/h2-12H,1H3,(H,25,29)(H,27,28);2-5H,1H3,(H,8,9,10);1H2. The van der Waals surface area contributed by atoms with Crippen molar-refractivity contribution in [2.24, 2.45) is 0 Å². The van der Waals surface area contributed by atoms with Crippen molar-refractivity contribution in [3.05, 3.63) is 114 Å². The van der Waals surface area contributed by atoms with Crippen LogP contribution in [0.1, 0.15) is 32.0 Å². The first-order valence-electron chi connectivity index (χ1n) is 11.7. The van der Waals surface area contributed by atoms with Crippen LogP contribution in [0.25, 0.3) is 0 Å². The molecule has 0 spiro atoms. The van der Waals surface area contributed by atoms with Gasteiger partial charge < -0.3 is 20.8 Å². The number of hydrogen-bond acceptors (Lipinski definition) is 6. The SMILES string of the molecule is CNC(=O)c1cc(Oc2ccc(NC(=O)c3cccc(C(F)(F)F)c3)cc2)ccn1.Cc1ccc(S(=O)(=O)O)cc1.O. The second kappa shape index (κ2) is 14.2. The summed E-state index contributed by atoms with van der Waals surface area (Å²) < 4.78 is 73.6. The molecule has 1 aromatic heterocycles. The molecule has 5 N–H and O–H groups in total. The second-order valence-electron chi connectivity index (χ2n) is 8.40. The number of nitrogens with zero attached hydrogens (tertiary/aromatic N) is 1. The van der Waals surface area contributed by atoms with Crippen LogP contribution in [-0.2, 0) is 16.3 Å². The molecule has 0 aliphatic carbocycles. The Labute approximate surface area is 239 Å². The Morgan fingerprint density at radius 1 is 0.881 bits per heavy atom. The molecule has 0 radical (unpaired) electrons. The fourth-order valence-corrected chi connectivity index (χ4v) is 3.70. The first-order chi connectivity index (χ1) is 19.3. The lowest BCUT2D eigenvalue weighted by atomic mass is 10.1. The molecule has 14 heteroatoms. The highest BCUT2D eigenvalue weighted by atomic mass is 32.2. The minimum Gasteiger partial charge on any atom is -0.457 e. The fourth-order valence-electron chi connectivity index (χ4n) is 3.22. The van der Waals surface area contributed by atoms with Crippen LogP contribution in [0.5, 0.6) is 11.5 Å². The van der Waals surface area contributed by atoms with Gasteiger partial charge in [0.1, 0.15) is 17.2 Å². The third kappa shape index (κ3) is 9.69. The van der Waals surface area contributed by atoms with E-state index in [1.807, 2.05) is 6.92 Å². The lowest BCUT2D eigenvalue weighted by Crippen LogP contribution is -2.18. The van der Waals surface area contributed by atoms with Crippen LogP contribution in [0.2, 0.25) is 0 Å². The number of halogens is 3. The van der Waals surface area contributed by atoms with E-state index in [0.717, 1.165) is 17.7 Å². The molecule has 4 aromatic rings. The quantitative estimate of drug-likeness (QED) is 0.262. The van der Waals surface area contributed by atoms with Crippen molar-refractivity contribution in [2.45, 2.75) is 18.0 Å². The molecule has 0 unspecified atom stereocenters. The van der Waals surface area contributed by atoms with Crippen molar-refractivity contribution in [3.63, 3.8) is 0 Å². The number of ether oxygens (including phenoxy) is 1. The highest BCUT2D eigenvalue weighted by Crippen LogP contribution is 2.30. The maximum absolute atomic E-state index is 12.8. The van der Waals surface area contributed by atoms with E-state index in [1.54, 1.807) is 42.5 Å². The summed E-state index contributed by atoms with van der Waals surface area (Å²) in [5.41, 5.74) is 0.527. The zero-order valence-corrected chi connectivity index (χ0v) is 23.0. The number of nitrogens with one attached hydrogen (secondary N) is 2. The van der Waals surface area contributed by atoms with E-state index in [0.29, 0.717) is 17.2 Å². The van der Waals surface area contributed by atoms with Crippen LogP contribution < -0.4 is 15.4 Å². The molecule has 2 amide bonds. The Kier molecular flexibility index (Phi) is 11.3. The molecule has 42 heavy (non-hydrogen) atoms. The van der Waals surface area contributed by atoms with Crippen molar-refractivity contribution in [2.75, 3.05) is 12.4 Å². The topological polar surface area (TPSA) is 166 Å². The largest absolute Gasteiger partial charge is 0.457 e. The molecule has 0 saturated heterocycles. The number of carbonyl (C=O) groups is 2.